The Hall–Kier alpha value is -2.14. The zero-order chi connectivity index (χ0) is 16.1. The molecule has 1 aromatic carbocycles. The molecule has 0 spiro atoms. The number of carbonyl (C=O) groups excluding carboxylic acids is 1. The van der Waals surface area contributed by atoms with Crippen LogP contribution >= 0.6 is 0 Å². The molecule has 1 aromatic heterocycles. The molecule has 122 valence electrons. The normalized spacial score (nSPS) is 18.1. The van der Waals surface area contributed by atoms with Crippen LogP contribution in [-0.4, -0.2) is 47.3 Å². The summed E-state index contributed by atoms with van der Waals surface area (Å²) in [6, 6.07) is 10.1. The largest absolute Gasteiger partial charge is 0.385 e. The number of carbonyl (C=O) groups is 1. The SMILES string of the molecule is COCC[C@H]1CCCCN1C(=O)c1cn[nH]c1-c1ccccc1. The molecule has 1 aliphatic rings. The summed E-state index contributed by atoms with van der Waals surface area (Å²) in [5, 5.41) is 7.08. The number of methoxy groups -OCH3 is 1. The summed E-state index contributed by atoms with van der Waals surface area (Å²) in [7, 11) is 1.71. The van der Waals surface area contributed by atoms with E-state index in [4.69, 9.17) is 4.74 Å². The van der Waals surface area contributed by atoms with Gasteiger partial charge in [0.1, 0.15) is 0 Å². The lowest BCUT2D eigenvalue weighted by atomic mass is 9.98. The number of aromatic nitrogens is 2. The van der Waals surface area contributed by atoms with Crippen LogP contribution in [0.15, 0.2) is 36.5 Å². The molecule has 5 nitrogen and oxygen atoms in total. The maximum atomic E-state index is 13.1. The third-order valence-electron chi connectivity index (χ3n) is 4.48. The average molecular weight is 313 g/mol. The van der Waals surface area contributed by atoms with Crippen molar-refractivity contribution in [2.75, 3.05) is 20.3 Å². The minimum Gasteiger partial charge on any atom is -0.385 e. The van der Waals surface area contributed by atoms with Crippen molar-refractivity contribution in [1.29, 1.82) is 0 Å². The van der Waals surface area contributed by atoms with Gasteiger partial charge in [0, 0.05) is 31.9 Å². The number of piperidine rings is 1. The Morgan fingerprint density at radius 2 is 2.17 bits per heavy atom. The lowest BCUT2D eigenvalue weighted by Gasteiger charge is -2.35. The topological polar surface area (TPSA) is 58.2 Å². The second-order valence-electron chi connectivity index (χ2n) is 5.95. The van der Waals surface area contributed by atoms with Crippen LogP contribution in [0.5, 0.6) is 0 Å². The molecule has 3 rings (SSSR count). The van der Waals surface area contributed by atoms with E-state index in [1.807, 2.05) is 35.2 Å². The van der Waals surface area contributed by atoms with Gasteiger partial charge in [0.05, 0.1) is 17.5 Å². The molecule has 0 aliphatic carbocycles. The number of hydrogen-bond donors (Lipinski definition) is 1. The fourth-order valence-electron chi connectivity index (χ4n) is 3.25. The van der Waals surface area contributed by atoms with E-state index in [1.165, 1.54) is 6.42 Å². The Morgan fingerprint density at radius 3 is 2.96 bits per heavy atom. The van der Waals surface area contributed by atoms with E-state index in [2.05, 4.69) is 10.2 Å². The Balaban J connectivity index is 1.84. The smallest absolute Gasteiger partial charge is 0.257 e. The predicted octanol–water partition coefficient (Wildman–Crippen LogP) is 3.11. The highest BCUT2D eigenvalue weighted by atomic mass is 16.5. The summed E-state index contributed by atoms with van der Waals surface area (Å²) >= 11 is 0. The number of H-pyrrole nitrogens is 1. The van der Waals surface area contributed by atoms with Gasteiger partial charge in [-0.05, 0) is 25.7 Å². The van der Waals surface area contributed by atoms with Crippen LogP contribution in [0, 0.1) is 0 Å². The minimum atomic E-state index is 0.0680. The standard InChI is InChI=1S/C18H23N3O2/c1-23-12-10-15-9-5-6-11-21(15)18(22)16-13-19-20-17(16)14-7-3-2-4-8-14/h2-4,7-8,13,15H,5-6,9-12H2,1H3,(H,19,20)/t15-/m1/s1. The van der Waals surface area contributed by atoms with Gasteiger partial charge in [-0.2, -0.15) is 5.10 Å². The molecule has 2 aromatic rings. The van der Waals surface area contributed by atoms with Crippen molar-refractivity contribution in [2.24, 2.45) is 0 Å². The highest BCUT2D eigenvalue weighted by Crippen LogP contribution is 2.26. The van der Waals surface area contributed by atoms with Crippen LogP contribution in [0.1, 0.15) is 36.0 Å². The first-order chi connectivity index (χ1) is 11.3. The molecule has 2 heterocycles. The van der Waals surface area contributed by atoms with Crippen molar-refractivity contribution in [3.05, 3.63) is 42.1 Å². The second kappa shape index (κ2) is 7.42. The van der Waals surface area contributed by atoms with Crippen LogP contribution < -0.4 is 0 Å². The van der Waals surface area contributed by atoms with Gasteiger partial charge in [0.15, 0.2) is 0 Å². The molecule has 1 fully saturated rings. The molecular formula is C18H23N3O2. The number of likely N-dealkylation sites (tertiary alicyclic amines) is 1. The maximum Gasteiger partial charge on any atom is 0.257 e. The van der Waals surface area contributed by atoms with Crippen molar-refractivity contribution in [3.8, 4) is 11.3 Å². The number of benzene rings is 1. The molecule has 0 unspecified atom stereocenters. The Morgan fingerprint density at radius 1 is 1.35 bits per heavy atom. The van der Waals surface area contributed by atoms with E-state index in [1.54, 1.807) is 13.3 Å². The van der Waals surface area contributed by atoms with Gasteiger partial charge in [0.25, 0.3) is 5.91 Å². The summed E-state index contributed by atoms with van der Waals surface area (Å²) < 4.78 is 5.20. The Labute approximate surface area is 136 Å². The number of rotatable bonds is 5. The first-order valence-electron chi connectivity index (χ1n) is 8.20. The van der Waals surface area contributed by atoms with Crippen LogP contribution in [0.25, 0.3) is 11.3 Å². The molecular weight excluding hydrogens is 290 g/mol. The number of ether oxygens (including phenoxy) is 1. The van der Waals surface area contributed by atoms with Crippen LogP contribution in [-0.2, 0) is 4.74 Å². The number of amides is 1. The van der Waals surface area contributed by atoms with Crippen molar-refractivity contribution >= 4 is 5.91 Å². The third-order valence-corrected chi connectivity index (χ3v) is 4.48. The van der Waals surface area contributed by atoms with Gasteiger partial charge in [-0.25, -0.2) is 0 Å². The maximum absolute atomic E-state index is 13.1. The van der Waals surface area contributed by atoms with E-state index in [-0.39, 0.29) is 11.9 Å². The van der Waals surface area contributed by atoms with Crippen molar-refractivity contribution in [3.63, 3.8) is 0 Å². The fraction of sp³-hybridized carbons (Fsp3) is 0.444. The van der Waals surface area contributed by atoms with E-state index in [0.29, 0.717) is 12.2 Å². The van der Waals surface area contributed by atoms with Gasteiger partial charge >= 0.3 is 0 Å². The first-order valence-corrected chi connectivity index (χ1v) is 8.20. The predicted molar refractivity (Wildman–Crippen MR) is 89.2 cm³/mol. The number of aromatic amines is 1. The van der Waals surface area contributed by atoms with Crippen LogP contribution in [0.4, 0.5) is 0 Å². The van der Waals surface area contributed by atoms with Gasteiger partial charge in [-0.15, -0.1) is 0 Å². The number of nitrogens with zero attached hydrogens (tertiary/aromatic N) is 2. The first kappa shape index (κ1) is 15.7. The molecule has 1 atom stereocenters. The van der Waals surface area contributed by atoms with E-state index in [9.17, 15) is 4.79 Å². The summed E-state index contributed by atoms with van der Waals surface area (Å²) in [6.45, 7) is 1.50. The second-order valence-corrected chi connectivity index (χ2v) is 5.95. The van der Waals surface area contributed by atoms with E-state index < -0.39 is 0 Å². The number of hydrogen-bond acceptors (Lipinski definition) is 3. The molecule has 0 radical (unpaired) electrons. The fourth-order valence-corrected chi connectivity index (χ4v) is 3.25. The van der Waals surface area contributed by atoms with Crippen molar-refractivity contribution in [1.82, 2.24) is 15.1 Å². The minimum absolute atomic E-state index is 0.0680. The van der Waals surface area contributed by atoms with Crippen molar-refractivity contribution < 1.29 is 9.53 Å². The monoisotopic (exact) mass is 313 g/mol. The van der Waals surface area contributed by atoms with Gasteiger partial charge in [-0.1, -0.05) is 30.3 Å². The highest BCUT2D eigenvalue weighted by molar-refractivity contribution is 6.00. The van der Waals surface area contributed by atoms with Gasteiger partial charge < -0.3 is 9.64 Å². The average Bonchev–Trinajstić information content (AvgIpc) is 3.10. The summed E-state index contributed by atoms with van der Waals surface area (Å²) in [6.07, 6.45) is 5.82. The lowest BCUT2D eigenvalue weighted by molar-refractivity contribution is 0.0554. The van der Waals surface area contributed by atoms with Gasteiger partial charge in [0.2, 0.25) is 0 Å². The molecule has 1 saturated heterocycles. The van der Waals surface area contributed by atoms with Crippen LogP contribution in [0.2, 0.25) is 0 Å². The Bertz CT molecular complexity index is 639. The lowest BCUT2D eigenvalue weighted by Crippen LogP contribution is -2.44. The molecule has 1 amide bonds. The van der Waals surface area contributed by atoms with Crippen molar-refractivity contribution in [2.45, 2.75) is 31.7 Å². The zero-order valence-electron chi connectivity index (χ0n) is 13.5. The summed E-state index contributed by atoms with van der Waals surface area (Å²) in [5.41, 5.74) is 2.44. The Kier molecular flexibility index (Phi) is 5.08. The summed E-state index contributed by atoms with van der Waals surface area (Å²) in [4.78, 5) is 15.1. The summed E-state index contributed by atoms with van der Waals surface area (Å²) in [5.74, 6) is 0.0680. The van der Waals surface area contributed by atoms with Gasteiger partial charge in [-0.3, -0.25) is 9.89 Å². The molecule has 0 saturated carbocycles. The highest BCUT2D eigenvalue weighted by Gasteiger charge is 2.29. The van der Waals surface area contributed by atoms with E-state index >= 15 is 0 Å². The third kappa shape index (κ3) is 3.45. The molecule has 1 aliphatic heterocycles. The zero-order valence-corrected chi connectivity index (χ0v) is 13.5. The number of nitrogens with one attached hydrogen (secondary N) is 1. The molecule has 1 N–H and O–H groups in total. The van der Waals surface area contributed by atoms with E-state index in [0.717, 1.165) is 37.1 Å². The molecule has 0 bridgehead atoms. The molecule has 5 heteroatoms. The molecule has 23 heavy (non-hydrogen) atoms. The quantitative estimate of drug-likeness (QED) is 0.922. The van der Waals surface area contributed by atoms with Crippen LogP contribution in [0.3, 0.4) is 0 Å².